The van der Waals surface area contributed by atoms with Crippen molar-refractivity contribution in [2.75, 3.05) is 38.1 Å². The van der Waals surface area contributed by atoms with E-state index < -0.39 is 5.92 Å². The van der Waals surface area contributed by atoms with E-state index in [0.717, 1.165) is 0 Å². The molecule has 1 aliphatic rings. The SMILES string of the molecule is COc1ccc(Cl)cc1NC(=O)[C@H]1CC(=O)N(c2ccc(OC)c(OC)c2)C1. The summed E-state index contributed by atoms with van der Waals surface area (Å²) >= 11 is 6.01. The number of rotatable bonds is 6. The first-order chi connectivity index (χ1) is 13.5. The molecule has 1 N–H and O–H groups in total. The predicted octanol–water partition coefficient (Wildman–Crippen LogP) is 3.36. The van der Waals surface area contributed by atoms with Crippen molar-refractivity contribution in [2.24, 2.45) is 5.92 Å². The number of amides is 2. The summed E-state index contributed by atoms with van der Waals surface area (Å²) in [7, 11) is 4.59. The Balaban J connectivity index is 1.76. The Labute approximate surface area is 168 Å². The van der Waals surface area contributed by atoms with Gasteiger partial charge in [-0.1, -0.05) is 11.6 Å². The molecule has 2 aromatic rings. The Kier molecular flexibility index (Phi) is 5.94. The molecule has 1 fully saturated rings. The molecule has 28 heavy (non-hydrogen) atoms. The predicted molar refractivity (Wildman–Crippen MR) is 107 cm³/mol. The van der Waals surface area contributed by atoms with Crippen molar-refractivity contribution >= 4 is 34.8 Å². The van der Waals surface area contributed by atoms with Crippen LogP contribution in [0.2, 0.25) is 5.02 Å². The number of anilines is 2. The highest BCUT2D eigenvalue weighted by atomic mass is 35.5. The van der Waals surface area contributed by atoms with Crippen LogP contribution in [0.3, 0.4) is 0 Å². The number of ether oxygens (including phenoxy) is 3. The standard InChI is InChI=1S/C20H21ClN2O5/c1-26-16-6-4-13(21)9-15(16)22-20(25)12-8-19(24)23(11-12)14-5-7-17(27-2)18(10-14)28-3/h4-7,9-10,12H,8,11H2,1-3H3,(H,22,25)/t12-/m0/s1. The van der Waals surface area contributed by atoms with E-state index in [1.54, 1.807) is 48.4 Å². The third kappa shape index (κ3) is 3.99. The number of nitrogens with zero attached hydrogens (tertiary/aromatic N) is 1. The van der Waals surface area contributed by atoms with Crippen LogP contribution in [0.4, 0.5) is 11.4 Å². The molecule has 1 heterocycles. The van der Waals surface area contributed by atoms with Crippen molar-refractivity contribution in [3.05, 3.63) is 41.4 Å². The minimum Gasteiger partial charge on any atom is -0.495 e. The minimum absolute atomic E-state index is 0.114. The van der Waals surface area contributed by atoms with Crippen LogP contribution in [0, 0.1) is 5.92 Å². The van der Waals surface area contributed by atoms with Gasteiger partial charge in [0.15, 0.2) is 11.5 Å². The van der Waals surface area contributed by atoms with Gasteiger partial charge in [-0.25, -0.2) is 0 Å². The zero-order valence-corrected chi connectivity index (χ0v) is 16.6. The lowest BCUT2D eigenvalue weighted by atomic mass is 10.1. The normalized spacial score (nSPS) is 16.1. The third-order valence-corrected chi connectivity index (χ3v) is 4.83. The summed E-state index contributed by atoms with van der Waals surface area (Å²) in [6, 6.07) is 10.2. The van der Waals surface area contributed by atoms with Gasteiger partial charge < -0.3 is 24.4 Å². The molecule has 2 aromatic carbocycles. The Morgan fingerprint density at radius 3 is 2.39 bits per heavy atom. The maximum absolute atomic E-state index is 12.7. The maximum atomic E-state index is 12.7. The van der Waals surface area contributed by atoms with Gasteiger partial charge in [-0.15, -0.1) is 0 Å². The molecule has 1 saturated heterocycles. The smallest absolute Gasteiger partial charge is 0.229 e. The zero-order valence-electron chi connectivity index (χ0n) is 15.8. The van der Waals surface area contributed by atoms with E-state index in [1.807, 2.05) is 0 Å². The molecule has 1 atom stereocenters. The average molecular weight is 405 g/mol. The van der Waals surface area contributed by atoms with E-state index in [1.165, 1.54) is 14.2 Å². The number of hydrogen-bond donors (Lipinski definition) is 1. The molecule has 7 nitrogen and oxygen atoms in total. The van der Waals surface area contributed by atoms with Gasteiger partial charge in [-0.2, -0.15) is 0 Å². The summed E-state index contributed by atoms with van der Waals surface area (Å²) in [4.78, 5) is 26.8. The van der Waals surface area contributed by atoms with Gasteiger partial charge in [0.25, 0.3) is 0 Å². The van der Waals surface area contributed by atoms with Crippen molar-refractivity contribution in [1.82, 2.24) is 0 Å². The van der Waals surface area contributed by atoms with E-state index in [9.17, 15) is 9.59 Å². The molecule has 148 valence electrons. The van der Waals surface area contributed by atoms with Gasteiger partial charge in [0.1, 0.15) is 5.75 Å². The van der Waals surface area contributed by atoms with Crippen molar-refractivity contribution in [2.45, 2.75) is 6.42 Å². The van der Waals surface area contributed by atoms with E-state index >= 15 is 0 Å². The van der Waals surface area contributed by atoms with Gasteiger partial charge in [0, 0.05) is 29.7 Å². The Hall–Kier alpha value is -2.93. The van der Waals surface area contributed by atoms with Crippen molar-refractivity contribution in [1.29, 1.82) is 0 Å². The highest BCUT2D eigenvalue weighted by molar-refractivity contribution is 6.31. The number of carbonyl (C=O) groups excluding carboxylic acids is 2. The van der Waals surface area contributed by atoms with E-state index in [2.05, 4.69) is 5.32 Å². The van der Waals surface area contributed by atoms with Crippen LogP contribution in [0.1, 0.15) is 6.42 Å². The monoisotopic (exact) mass is 404 g/mol. The first-order valence-corrected chi connectivity index (χ1v) is 9.01. The van der Waals surface area contributed by atoms with Crippen LogP contribution >= 0.6 is 11.6 Å². The van der Waals surface area contributed by atoms with Crippen LogP contribution in [0.25, 0.3) is 0 Å². The molecule has 0 unspecified atom stereocenters. The number of nitrogens with one attached hydrogen (secondary N) is 1. The quantitative estimate of drug-likeness (QED) is 0.798. The highest BCUT2D eigenvalue weighted by Crippen LogP contribution is 2.35. The van der Waals surface area contributed by atoms with Gasteiger partial charge in [0.2, 0.25) is 11.8 Å². The summed E-state index contributed by atoms with van der Waals surface area (Å²) in [5.41, 5.74) is 1.12. The number of benzene rings is 2. The van der Waals surface area contributed by atoms with Crippen LogP contribution in [0.5, 0.6) is 17.2 Å². The molecular weight excluding hydrogens is 384 g/mol. The topological polar surface area (TPSA) is 77.1 Å². The van der Waals surface area contributed by atoms with Crippen LogP contribution < -0.4 is 24.4 Å². The summed E-state index contributed by atoms with van der Waals surface area (Å²) in [5.74, 6) is 0.690. The molecule has 3 rings (SSSR count). The van der Waals surface area contributed by atoms with Crippen molar-refractivity contribution in [3.8, 4) is 17.2 Å². The Bertz CT molecular complexity index is 902. The Morgan fingerprint density at radius 2 is 1.71 bits per heavy atom. The summed E-state index contributed by atoms with van der Waals surface area (Å²) < 4.78 is 15.8. The fourth-order valence-corrected chi connectivity index (χ4v) is 3.31. The first-order valence-electron chi connectivity index (χ1n) is 8.63. The van der Waals surface area contributed by atoms with Gasteiger partial charge >= 0.3 is 0 Å². The average Bonchev–Trinajstić information content (AvgIpc) is 3.09. The molecule has 1 aliphatic heterocycles. The number of halogens is 1. The molecule has 0 saturated carbocycles. The number of carbonyl (C=O) groups is 2. The minimum atomic E-state index is -0.496. The lowest BCUT2D eigenvalue weighted by Gasteiger charge is -2.19. The summed E-state index contributed by atoms with van der Waals surface area (Å²) in [6.07, 6.45) is 0.114. The highest BCUT2D eigenvalue weighted by Gasteiger charge is 2.35. The molecule has 0 spiro atoms. The lowest BCUT2D eigenvalue weighted by molar-refractivity contribution is -0.122. The lowest BCUT2D eigenvalue weighted by Crippen LogP contribution is -2.28. The second-order valence-electron chi connectivity index (χ2n) is 6.28. The van der Waals surface area contributed by atoms with Crippen LogP contribution in [0.15, 0.2) is 36.4 Å². The molecule has 8 heteroatoms. The fraction of sp³-hybridized carbons (Fsp3) is 0.300. The first kappa shape index (κ1) is 19.8. The molecule has 2 amide bonds. The fourth-order valence-electron chi connectivity index (χ4n) is 3.14. The van der Waals surface area contributed by atoms with Gasteiger partial charge in [0.05, 0.1) is 32.9 Å². The van der Waals surface area contributed by atoms with Crippen molar-refractivity contribution in [3.63, 3.8) is 0 Å². The number of hydrogen-bond acceptors (Lipinski definition) is 5. The van der Waals surface area contributed by atoms with Gasteiger partial charge in [-0.05, 0) is 30.3 Å². The molecule has 0 aliphatic carbocycles. The third-order valence-electron chi connectivity index (χ3n) is 4.59. The van der Waals surface area contributed by atoms with Crippen LogP contribution in [-0.4, -0.2) is 39.7 Å². The van der Waals surface area contributed by atoms with Crippen molar-refractivity contribution < 1.29 is 23.8 Å². The number of methoxy groups -OCH3 is 3. The largest absolute Gasteiger partial charge is 0.495 e. The zero-order chi connectivity index (χ0) is 20.3. The molecule has 0 radical (unpaired) electrons. The maximum Gasteiger partial charge on any atom is 0.229 e. The van der Waals surface area contributed by atoms with Crippen LogP contribution in [-0.2, 0) is 9.59 Å². The second-order valence-corrected chi connectivity index (χ2v) is 6.71. The molecular formula is C20H21ClN2O5. The molecule has 0 bridgehead atoms. The Morgan fingerprint density at radius 1 is 1.04 bits per heavy atom. The molecule has 0 aromatic heterocycles. The van der Waals surface area contributed by atoms with Gasteiger partial charge in [-0.3, -0.25) is 9.59 Å². The summed E-state index contributed by atoms with van der Waals surface area (Å²) in [5, 5.41) is 3.28. The van der Waals surface area contributed by atoms with E-state index in [0.29, 0.717) is 33.6 Å². The van der Waals surface area contributed by atoms with E-state index in [4.69, 9.17) is 25.8 Å². The van der Waals surface area contributed by atoms with E-state index in [-0.39, 0.29) is 24.8 Å². The second kappa shape index (κ2) is 8.39. The summed E-state index contributed by atoms with van der Waals surface area (Å²) in [6.45, 7) is 0.267.